The van der Waals surface area contributed by atoms with E-state index in [9.17, 15) is 0 Å². The largest absolute Gasteiger partial charge is 0.379 e. The Morgan fingerprint density at radius 1 is 1.22 bits per heavy atom. The number of aryl methyl sites for hydroxylation is 1. The molecule has 0 aromatic heterocycles. The Morgan fingerprint density at radius 2 is 2.06 bits per heavy atom. The molecule has 0 heterocycles. The second-order valence-electron chi connectivity index (χ2n) is 4.81. The maximum atomic E-state index is 5.78. The van der Waals surface area contributed by atoms with Crippen LogP contribution in [0.3, 0.4) is 0 Å². The van der Waals surface area contributed by atoms with E-state index in [1.807, 2.05) is 0 Å². The second kappa shape index (κ2) is 9.12. The number of nitrogens with one attached hydrogen (secondary N) is 1. The third-order valence-corrected chi connectivity index (χ3v) is 3.07. The number of benzene rings is 1. The van der Waals surface area contributed by atoms with E-state index < -0.39 is 0 Å². The van der Waals surface area contributed by atoms with Crippen molar-refractivity contribution in [3.05, 3.63) is 35.4 Å². The van der Waals surface area contributed by atoms with Gasteiger partial charge in [0.25, 0.3) is 0 Å². The molecule has 0 fully saturated rings. The Hall–Kier alpha value is -0.860. The van der Waals surface area contributed by atoms with Gasteiger partial charge in [0.1, 0.15) is 0 Å². The molecule has 1 aromatic carbocycles. The Kier molecular flexibility index (Phi) is 7.70. The number of hydrogen-bond donors (Lipinski definition) is 1. The van der Waals surface area contributed by atoms with Crippen molar-refractivity contribution in [1.29, 1.82) is 0 Å². The first-order chi connectivity index (χ1) is 8.77. The zero-order valence-corrected chi connectivity index (χ0v) is 12.0. The van der Waals surface area contributed by atoms with Crippen molar-refractivity contribution in [3.63, 3.8) is 0 Å². The molecule has 0 aliphatic rings. The van der Waals surface area contributed by atoms with Crippen molar-refractivity contribution in [2.75, 3.05) is 19.8 Å². The van der Waals surface area contributed by atoms with Crippen LogP contribution in [-0.4, -0.2) is 19.8 Å². The molecule has 0 saturated heterocycles. The van der Waals surface area contributed by atoms with Crippen LogP contribution in [0.5, 0.6) is 0 Å². The quantitative estimate of drug-likeness (QED) is 0.671. The predicted octanol–water partition coefficient (Wildman–Crippen LogP) is 3.85. The molecular weight excluding hydrogens is 222 g/mol. The van der Waals surface area contributed by atoms with Crippen molar-refractivity contribution in [1.82, 2.24) is 5.32 Å². The maximum Gasteiger partial charge on any atom is 0.0661 e. The third kappa shape index (κ3) is 5.65. The lowest BCUT2D eigenvalue weighted by atomic mass is 10.1. The van der Waals surface area contributed by atoms with Crippen molar-refractivity contribution in [2.45, 2.75) is 46.1 Å². The van der Waals surface area contributed by atoms with Gasteiger partial charge in [-0.1, -0.05) is 56.5 Å². The number of rotatable bonds is 9. The van der Waals surface area contributed by atoms with E-state index in [2.05, 4.69) is 50.4 Å². The summed E-state index contributed by atoms with van der Waals surface area (Å²) in [6.07, 6.45) is 3.68. The summed E-state index contributed by atoms with van der Waals surface area (Å²) in [6.45, 7) is 9.10. The minimum absolute atomic E-state index is 0.316. The Balaban J connectivity index is 2.44. The predicted molar refractivity (Wildman–Crippen MR) is 77.9 cm³/mol. The molecule has 1 aromatic rings. The van der Waals surface area contributed by atoms with Gasteiger partial charge in [-0.25, -0.2) is 0 Å². The van der Waals surface area contributed by atoms with Crippen LogP contribution in [-0.2, 0) is 4.74 Å². The summed E-state index contributed by atoms with van der Waals surface area (Å²) in [6, 6.07) is 8.98. The fraction of sp³-hybridized carbons (Fsp3) is 0.625. The van der Waals surface area contributed by atoms with Crippen LogP contribution in [0.25, 0.3) is 0 Å². The van der Waals surface area contributed by atoms with E-state index in [0.717, 1.165) is 19.8 Å². The van der Waals surface area contributed by atoms with Crippen LogP contribution in [0, 0.1) is 6.92 Å². The maximum absolute atomic E-state index is 5.78. The molecule has 0 spiro atoms. The van der Waals surface area contributed by atoms with E-state index >= 15 is 0 Å². The second-order valence-corrected chi connectivity index (χ2v) is 4.81. The van der Waals surface area contributed by atoms with Gasteiger partial charge in [0.2, 0.25) is 0 Å². The molecule has 0 aliphatic heterocycles. The average molecular weight is 249 g/mol. The van der Waals surface area contributed by atoms with Gasteiger partial charge in [-0.05, 0) is 25.5 Å². The van der Waals surface area contributed by atoms with Crippen LogP contribution in [0.15, 0.2) is 24.3 Å². The molecule has 1 unspecified atom stereocenters. The number of hydrogen-bond acceptors (Lipinski definition) is 2. The Bertz CT molecular complexity index is 325. The topological polar surface area (TPSA) is 21.3 Å². The molecule has 1 atom stereocenters. The standard InChI is InChI=1S/C16H27NO/c1-4-6-7-11-18-13-16(17-5-2)15-10-8-9-14(3)12-15/h8-10,12,16-17H,4-7,11,13H2,1-3H3. The molecule has 18 heavy (non-hydrogen) atoms. The van der Waals surface area contributed by atoms with Gasteiger partial charge in [-0.2, -0.15) is 0 Å². The molecular formula is C16H27NO. The summed E-state index contributed by atoms with van der Waals surface area (Å²) in [5.74, 6) is 0. The van der Waals surface area contributed by atoms with E-state index in [0.29, 0.717) is 6.04 Å². The first kappa shape index (κ1) is 15.2. The minimum atomic E-state index is 0.316. The molecule has 102 valence electrons. The average Bonchev–Trinajstić information content (AvgIpc) is 2.37. The summed E-state index contributed by atoms with van der Waals surface area (Å²) >= 11 is 0. The molecule has 0 aliphatic carbocycles. The lowest BCUT2D eigenvalue weighted by molar-refractivity contribution is 0.108. The van der Waals surface area contributed by atoms with Gasteiger partial charge in [0, 0.05) is 6.61 Å². The van der Waals surface area contributed by atoms with Gasteiger partial charge in [0.15, 0.2) is 0 Å². The van der Waals surface area contributed by atoms with Crippen LogP contribution in [0.4, 0.5) is 0 Å². The van der Waals surface area contributed by atoms with Crippen molar-refractivity contribution in [2.24, 2.45) is 0 Å². The summed E-state index contributed by atoms with van der Waals surface area (Å²) in [5.41, 5.74) is 2.63. The fourth-order valence-corrected chi connectivity index (χ4v) is 2.06. The molecule has 0 amide bonds. The van der Waals surface area contributed by atoms with E-state index in [-0.39, 0.29) is 0 Å². The first-order valence-electron chi connectivity index (χ1n) is 7.15. The molecule has 1 rings (SSSR count). The van der Waals surface area contributed by atoms with Crippen LogP contribution in [0.2, 0.25) is 0 Å². The molecule has 1 N–H and O–H groups in total. The van der Waals surface area contributed by atoms with E-state index in [4.69, 9.17) is 4.74 Å². The van der Waals surface area contributed by atoms with Gasteiger partial charge >= 0.3 is 0 Å². The summed E-state index contributed by atoms with van der Waals surface area (Å²) in [7, 11) is 0. The Morgan fingerprint density at radius 3 is 2.72 bits per heavy atom. The van der Waals surface area contributed by atoms with Gasteiger partial charge in [-0.3, -0.25) is 0 Å². The minimum Gasteiger partial charge on any atom is -0.379 e. The molecule has 0 saturated carbocycles. The molecule has 2 nitrogen and oxygen atoms in total. The van der Waals surface area contributed by atoms with Gasteiger partial charge < -0.3 is 10.1 Å². The molecule has 0 bridgehead atoms. The van der Waals surface area contributed by atoms with Crippen molar-refractivity contribution >= 4 is 0 Å². The monoisotopic (exact) mass is 249 g/mol. The highest BCUT2D eigenvalue weighted by atomic mass is 16.5. The van der Waals surface area contributed by atoms with E-state index in [1.54, 1.807) is 0 Å². The smallest absolute Gasteiger partial charge is 0.0661 e. The SMILES string of the molecule is CCCCCOCC(NCC)c1cccc(C)c1. The van der Waals surface area contributed by atoms with Gasteiger partial charge in [-0.15, -0.1) is 0 Å². The van der Waals surface area contributed by atoms with Crippen LogP contribution in [0.1, 0.15) is 50.3 Å². The van der Waals surface area contributed by atoms with Crippen LogP contribution < -0.4 is 5.32 Å². The molecule has 2 heteroatoms. The summed E-state index contributed by atoms with van der Waals surface area (Å²) < 4.78 is 5.78. The molecule has 0 radical (unpaired) electrons. The Labute approximate surface area is 112 Å². The van der Waals surface area contributed by atoms with E-state index in [1.165, 1.54) is 30.4 Å². The number of likely N-dealkylation sites (N-methyl/N-ethyl adjacent to an activating group) is 1. The van der Waals surface area contributed by atoms with Crippen molar-refractivity contribution in [3.8, 4) is 0 Å². The highest BCUT2D eigenvalue weighted by Crippen LogP contribution is 2.15. The van der Waals surface area contributed by atoms with Crippen LogP contribution >= 0.6 is 0 Å². The van der Waals surface area contributed by atoms with Crippen molar-refractivity contribution < 1.29 is 4.74 Å². The lowest BCUT2D eigenvalue weighted by Crippen LogP contribution is -2.25. The lowest BCUT2D eigenvalue weighted by Gasteiger charge is -2.19. The highest BCUT2D eigenvalue weighted by molar-refractivity contribution is 5.25. The third-order valence-electron chi connectivity index (χ3n) is 3.07. The zero-order chi connectivity index (χ0) is 13.2. The highest BCUT2D eigenvalue weighted by Gasteiger charge is 2.10. The van der Waals surface area contributed by atoms with Gasteiger partial charge in [0.05, 0.1) is 12.6 Å². The number of ether oxygens (including phenoxy) is 1. The normalized spacial score (nSPS) is 12.6. The fourth-order valence-electron chi connectivity index (χ4n) is 2.06. The first-order valence-corrected chi connectivity index (χ1v) is 7.15. The summed E-state index contributed by atoms with van der Waals surface area (Å²) in [4.78, 5) is 0. The zero-order valence-electron chi connectivity index (χ0n) is 12.0. The summed E-state index contributed by atoms with van der Waals surface area (Å²) in [5, 5.41) is 3.49. The number of unbranched alkanes of at least 4 members (excludes halogenated alkanes) is 2.